The highest BCUT2D eigenvalue weighted by Gasteiger charge is 2.70. The summed E-state index contributed by atoms with van der Waals surface area (Å²) in [6, 6.07) is 0. The van der Waals surface area contributed by atoms with Crippen molar-refractivity contribution in [1.82, 2.24) is 0 Å². The van der Waals surface area contributed by atoms with Gasteiger partial charge in [0.2, 0.25) is 0 Å². The monoisotopic (exact) mass is 374 g/mol. The van der Waals surface area contributed by atoms with Crippen molar-refractivity contribution in [2.45, 2.75) is 58.2 Å². The van der Waals surface area contributed by atoms with E-state index in [-0.39, 0.29) is 30.0 Å². The minimum absolute atomic E-state index is 0.0177. The third-order valence-electron chi connectivity index (χ3n) is 8.11. The van der Waals surface area contributed by atoms with E-state index < -0.39 is 28.6 Å². The summed E-state index contributed by atoms with van der Waals surface area (Å²) in [5, 5.41) is 20.4. The highest BCUT2D eigenvalue weighted by molar-refractivity contribution is 6.01. The summed E-state index contributed by atoms with van der Waals surface area (Å²) in [5.74, 6) is -1.44. The number of carboxylic acid groups (broad SMARTS) is 1. The van der Waals surface area contributed by atoms with Crippen LogP contribution in [0.15, 0.2) is 35.5 Å². The number of alkyl halides is 1. The Morgan fingerprint density at radius 3 is 2.70 bits per heavy atom. The third kappa shape index (κ3) is 2.24. The predicted molar refractivity (Wildman–Crippen MR) is 98.6 cm³/mol. The van der Waals surface area contributed by atoms with Crippen LogP contribution in [-0.4, -0.2) is 33.7 Å². The van der Waals surface area contributed by atoms with Gasteiger partial charge in [-0.1, -0.05) is 31.1 Å². The van der Waals surface area contributed by atoms with Crippen molar-refractivity contribution in [3.63, 3.8) is 0 Å². The molecule has 7 atom stereocenters. The third-order valence-corrected chi connectivity index (χ3v) is 8.11. The van der Waals surface area contributed by atoms with Crippen molar-refractivity contribution in [2.75, 3.05) is 0 Å². The molecule has 3 saturated carbocycles. The fourth-order valence-electron chi connectivity index (χ4n) is 6.84. The molecule has 0 spiro atoms. The van der Waals surface area contributed by atoms with Gasteiger partial charge in [0.05, 0.1) is 6.10 Å². The lowest BCUT2D eigenvalue weighted by atomic mass is 9.45. The van der Waals surface area contributed by atoms with Gasteiger partial charge >= 0.3 is 5.97 Å². The van der Waals surface area contributed by atoms with Crippen LogP contribution in [0.5, 0.6) is 0 Å². The van der Waals surface area contributed by atoms with E-state index in [1.165, 1.54) is 18.2 Å². The molecule has 2 N–H and O–H groups in total. The number of ketones is 1. The number of halogens is 1. The molecular formula is C22H27FO4. The Labute approximate surface area is 158 Å². The lowest BCUT2D eigenvalue weighted by Gasteiger charge is -2.61. The summed E-state index contributed by atoms with van der Waals surface area (Å²) < 4.78 is 16.8. The average molecular weight is 374 g/mol. The van der Waals surface area contributed by atoms with E-state index >= 15 is 4.39 Å². The SMILES string of the molecule is CC1CC2C3CCC4=CC(=O)C=CC4(C)C3(F)C(O)CC2(C)C1=CC(=O)O. The zero-order valence-corrected chi connectivity index (χ0v) is 16.0. The summed E-state index contributed by atoms with van der Waals surface area (Å²) in [5.41, 5.74) is -1.77. The van der Waals surface area contributed by atoms with Gasteiger partial charge in [-0.2, -0.15) is 0 Å². The van der Waals surface area contributed by atoms with E-state index in [4.69, 9.17) is 0 Å². The van der Waals surface area contributed by atoms with Crippen molar-refractivity contribution < 1.29 is 24.2 Å². The van der Waals surface area contributed by atoms with Crippen LogP contribution in [0, 0.1) is 28.6 Å². The molecule has 4 rings (SSSR count). The number of fused-ring (bicyclic) bond motifs is 5. The first-order valence-corrected chi connectivity index (χ1v) is 9.80. The Balaban J connectivity index is 1.83. The number of aliphatic hydroxyl groups excluding tert-OH is 1. The quantitative estimate of drug-likeness (QED) is 0.688. The molecule has 4 nitrogen and oxygen atoms in total. The molecule has 4 aliphatic carbocycles. The summed E-state index contributed by atoms with van der Waals surface area (Å²) >= 11 is 0. The van der Waals surface area contributed by atoms with E-state index in [1.807, 2.05) is 13.8 Å². The molecule has 0 radical (unpaired) electrons. The molecule has 7 unspecified atom stereocenters. The maximum atomic E-state index is 16.8. The van der Waals surface area contributed by atoms with E-state index in [9.17, 15) is 19.8 Å². The molecule has 3 fully saturated rings. The second-order valence-electron chi connectivity index (χ2n) is 9.34. The van der Waals surface area contributed by atoms with E-state index in [1.54, 1.807) is 13.0 Å². The molecule has 4 aliphatic rings. The number of allylic oxidation sites excluding steroid dienone is 5. The zero-order chi connectivity index (χ0) is 19.8. The first-order chi connectivity index (χ1) is 12.5. The number of hydrogen-bond donors (Lipinski definition) is 2. The maximum Gasteiger partial charge on any atom is 0.328 e. The highest BCUT2D eigenvalue weighted by atomic mass is 19.1. The second-order valence-corrected chi connectivity index (χ2v) is 9.34. The largest absolute Gasteiger partial charge is 0.478 e. The molecule has 0 aromatic rings. The number of rotatable bonds is 1. The number of aliphatic hydroxyl groups is 1. The summed E-state index contributed by atoms with van der Waals surface area (Å²) in [6.07, 6.45) is 6.81. The first-order valence-electron chi connectivity index (χ1n) is 9.80. The second kappa shape index (κ2) is 5.63. The van der Waals surface area contributed by atoms with Crippen molar-refractivity contribution in [3.05, 3.63) is 35.5 Å². The van der Waals surface area contributed by atoms with Crippen LogP contribution in [0.2, 0.25) is 0 Å². The smallest absolute Gasteiger partial charge is 0.328 e. The Morgan fingerprint density at radius 2 is 2.04 bits per heavy atom. The molecular weight excluding hydrogens is 347 g/mol. The fourth-order valence-corrected chi connectivity index (χ4v) is 6.84. The van der Waals surface area contributed by atoms with Crippen LogP contribution in [0.4, 0.5) is 4.39 Å². The molecule has 5 heteroatoms. The fraction of sp³-hybridized carbons (Fsp3) is 0.636. The van der Waals surface area contributed by atoms with Gasteiger partial charge in [-0.25, -0.2) is 9.18 Å². The van der Waals surface area contributed by atoms with Gasteiger partial charge in [0.15, 0.2) is 11.5 Å². The molecule has 0 aliphatic heterocycles. The summed E-state index contributed by atoms with van der Waals surface area (Å²) in [6.45, 7) is 5.79. The molecule has 0 heterocycles. The van der Waals surface area contributed by atoms with Gasteiger partial charge in [0, 0.05) is 17.4 Å². The predicted octanol–water partition coefficient (Wildman–Crippen LogP) is 3.61. The molecule has 0 bridgehead atoms. The van der Waals surface area contributed by atoms with Crippen LogP contribution in [0.3, 0.4) is 0 Å². The minimum atomic E-state index is -1.85. The highest BCUT2D eigenvalue weighted by Crippen LogP contribution is 2.69. The van der Waals surface area contributed by atoms with Crippen molar-refractivity contribution in [1.29, 1.82) is 0 Å². The van der Waals surface area contributed by atoms with Gasteiger partial charge in [-0.3, -0.25) is 4.79 Å². The van der Waals surface area contributed by atoms with Crippen LogP contribution >= 0.6 is 0 Å². The van der Waals surface area contributed by atoms with Crippen molar-refractivity contribution >= 4 is 11.8 Å². The van der Waals surface area contributed by atoms with Crippen LogP contribution in [0.1, 0.15) is 46.5 Å². The van der Waals surface area contributed by atoms with Gasteiger partial charge in [-0.15, -0.1) is 0 Å². The Morgan fingerprint density at radius 1 is 1.33 bits per heavy atom. The van der Waals surface area contributed by atoms with E-state index in [2.05, 4.69) is 0 Å². The van der Waals surface area contributed by atoms with Gasteiger partial charge in [0.1, 0.15) is 0 Å². The lowest BCUT2D eigenvalue weighted by Crippen LogP contribution is -2.66. The van der Waals surface area contributed by atoms with Gasteiger partial charge in [-0.05, 0) is 62.0 Å². The molecule has 0 saturated heterocycles. The standard InChI is InChI=1S/C22H27FO4/c1-12-8-17-15-5-4-13-9-14(24)6-7-21(13,3)22(15,23)18(25)11-20(17,2)16(12)10-19(26)27/h6-7,9-10,12,15,17-18,25H,4-5,8,11H2,1-3H3,(H,26,27). The molecule has 27 heavy (non-hydrogen) atoms. The maximum absolute atomic E-state index is 16.8. The number of aliphatic carboxylic acids is 1. The van der Waals surface area contributed by atoms with Crippen LogP contribution in [-0.2, 0) is 9.59 Å². The molecule has 0 amide bonds. The first kappa shape index (κ1) is 18.6. The zero-order valence-electron chi connectivity index (χ0n) is 16.0. The Bertz CT molecular complexity index is 811. The number of carboxylic acids is 1. The van der Waals surface area contributed by atoms with Gasteiger partial charge < -0.3 is 10.2 Å². The van der Waals surface area contributed by atoms with Crippen LogP contribution in [0.25, 0.3) is 0 Å². The number of carbonyl (C=O) groups excluding carboxylic acids is 1. The summed E-state index contributed by atoms with van der Waals surface area (Å²) in [7, 11) is 0. The molecule has 0 aromatic carbocycles. The summed E-state index contributed by atoms with van der Waals surface area (Å²) in [4.78, 5) is 23.2. The minimum Gasteiger partial charge on any atom is -0.478 e. The normalized spacial score (nSPS) is 50.0. The van der Waals surface area contributed by atoms with Crippen LogP contribution < -0.4 is 0 Å². The van der Waals surface area contributed by atoms with Gasteiger partial charge in [0.25, 0.3) is 0 Å². The molecule has 146 valence electrons. The average Bonchev–Trinajstić information content (AvgIpc) is 2.81. The lowest BCUT2D eigenvalue weighted by molar-refractivity contribution is -0.183. The Hall–Kier alpha value is -1.75. The number of hydrogen-bond acceptors (Lipinski definition) is 3. The van der Waals surface area contributed by atoms with E-state index in [0.717, 1.165) is 17.6 Å². The Kier molecular flexibility index (Phi) is 3.88. The van der Waals surface area contributed by atoms with E-state index in [0.29, 0.717) is 12.8 Å². The van der Waals surface area contributed by atoms with Crippen molar-refractivity contribution in [2.24, 2.45) is 28.6 Å². The molecule has 0 aromatic heterocycles. The number of carbonyl (C=O) groups is 2. The topological polar surface area (TPSA) is 74.6 Å². The van der Waals surface area contributed by atoms with Crippen molar-refractivity contribution in [3.8, 4) is 0 Å².